The maximum absolute atomic E-state index is 4.73. The number of nitrogens with zero attached hydrogens (tertiary/aromatic N) is 2. The van der Waals surface area contributed by atoms with Crippen LogP contribution in [0, 0.1) is 12.8 Å². The number of hydrogen-bond donors (Lipinski definition) is 1. The van der Waals surface area contributed by atoms with Crippen LogP contribution >= 0.6 is 27.3 Å². The van der Waals surface area contributed by atoms with E-state index in [9.17, 15) is 0 Å². The van der Waals surface area contributed by atoms with Gasteiger partial charge in [-0.3, -0.25) is 0 Å². The molecule has 1 fully saturated rings. The Hall–Kier alpha value is -0.780. The summed E-state index contributed by atoms with van der Waals surface area (Å²) >= 11 is 5.22. The van der Waals surface area contributed by atoms with E-state index in [0.717, 1.165) is 40.5 Å². The Morgan fingerprint density at radius 2 is 2.32 bits per heavy atom. The lowest BCUT2D eigenvalue weighted by atomic mass is 10.0. The summed E-state index contributed by atoms with van der Waals surface area (Å²) in [5.74, 6) is 1.66. The van der Waals surface area contributed by atoms with Crippen molar-refractivity contribution in [3.8, 4) is 10.6 Å². The highest BCUT2D eigenvalue weighted by atomic mass is 79.9. The first-order chi connectivity index (χ1) is 9.20. The van der Waals surface area contributed by atoms with E-state index in [4.69, 9.17) is 4.98 Å². The molecule has 0 aliphatic carbocycles. The number of thiophene rings is 1. The lowest BCUT2D eigenvalue weighted by Crippen LogP contribution is -2.12. The topological polar surface area (TPSA) is 37.8 Å². The molecule has 5 heteroatoms. The van der Waals surface area contributed by atoms with Crippen molar-refractivity contribution < 1.29 is 0 Å². The van der Waals surface area contributed by atoms with E-state index in [-0.39, 0.29) is 0 Å². The Kier molecular flexibility index (Phi) is 3.96. The summed E-state index contributed by atoms with van der Waals surface area (Å²) < 4.78 is 1.14. The Morgan fingerprint density at radius 3 is 3.00 bits per heavy atom. The van der Waals surface area contributed by atoms with E-state index >= 15 is 0 Å². The molecular weight excluding hydrogens is 322 g/mol. The third-order valence-corrected chi connectivity index (χ3v) is 5.01. The third kappa shape index (κ3) is 3.22. The molecule has 1 aliphatic rings. The van der Waals surface area contributed by atoms with Gasteiger partial charge in [0.05, 0.1) is 14.4 Å². The number of rotatable bonds is 3. The second kappa shape index (κ2) is 5.69. The molecule has 0 spiro atoms. The van der Waals surface area contributed by atoms with Crippen molar-refractivity contribution in [2.24, 2.45) is 5.92 Å². The minimum absolute atomic E-state index is 0.685. The average molecular weight is 338 g/mol. The third-order valence-electron chi connectivity index (χ3n) is 3.36. The maximum Gasteiger partial charge on any atom is 0.129 e. The molecule has 1 saturated heterocycles. The summed E-state index contributed by atoms with van der Waals surface area (Å²) in [5, 5.41) is 3.40. The summed E-state index contributed by atoms with van der Waals surface area (Å²) in [6, 6.07) is 6.24. The molecule has 3 heterocycles. The number of aryl methyl sites for hydroxylation is 1. The summed E-state index contributed by atoms with van der Waals surface area (Å²) in [6.07, 6.45) is 2.21. The Labute approximate surface area is 125 Å². The molecular formula is C14H16BrN3S. The number of nitrogens with one attached hydrogen (secondary N) is 1. The maximum atomic E-state index is 4.73. The quantitative estimate of drug-likeness (QED) is 0.932. The minimum atomic E-state index is 0.685. The van der Waals surface area contributed by atoms with E-state index in [1.165, 1.54) is 11.3 Å². The summed E-state index contributed by atoms with van der Waals surface area (Å²) in [6.45, 7) is 4.27. The second-order valence-corrected chi connectivity index (χ2v) is 7.44. The van der Waals surface area contributed by atoms with Gasteiger partial charge in [-0.15, -0.1) is 11.3 Å². The van der Waals surface area contributed by atoms with Gasteiger partial charge in [-0.2, -0.15) is 0 Å². The van der Waals surface area contributed by atoms with Crippen molar-refractivity contribution in [3.05, 3.63) is 33.5 Å². The fourth-order valence-electron chi connectivity index (χ4n) is 2.45. The molecule has 3 rings (SSSR count). The van der Waals surface area contributed by atoms with Gasteiger partial charge in [0, 0.05) is 12.1 Å². The molecule has 2 aromatic heterocycles. The number of aromatic nitrogens is 2. The average Bonchev–Trinajstić information content (AvgIpc) is 3.00. The smallest absolute Gasteiger partial charge is 0.129 e. The van der Waals surface area contributed by atoms with Gasteiger partial charge in [0.25, 0.3) is 0 Å². The zero-order chi connectivity index (χ0) is 13.2. The van der Waals surface area contributed by atoms with Crippen LogP contribution < -0.4 is 5.32 Å². The van der Waals surface area contributed by atoms with Gasteiger partial charge >= 0.3 is 0 Å². The fourth-order valence-corrected chi connectivity index (χ4v) is 3.79. The van der Waals surface area contributed by atoms with Crippen molar-refractivity contribution in [1.29, 1.82) is 0 Å². The fraction of sp³-hybridized carbons (Fsp3) is 0.429. The van der Waals surface area contributed by atoms with Crippen LogP contribution in [0.4, 0.5) is 0 Å². The predicted octanol–water partition coefficient (Wildman–Crippen LogP) is 3.43. The summed E-state index contributed by atoms with van der Waals surface area (Å²) in [7, 11) is 0. The largest absolute Gasteiger partial charge is 0.316 e. The van der Waals surface area contributed by atoms with Gasteiger partial charge in [0.15, 0.2) is 0 Å². The molecule has 1 N–H and O–H groups in total. The van der Waals surface area contributed by atoms with Crippen molar-refractivity contribution in [2.75, 3.05) is 13.1 Å². The van der Waals surface area contributed by atoms with Gasteiger partial charge < -0.3 is 5.32 Å². The van der Waals surface area contributed by atoms with Crippen LogP contribution in [0.1, 0.15) is 17.9 Å². The van der Waals surface area contributed by atoms with Crippen molar-refractivity contribution in [2.45, 2.75) is 19.8 Å². The Balaban J connectivity index is 1.87. The van der Waals surface area contributed by atoms with Crippen LogP contribution in [0.3, 0.4) is 0 Å². The van der Waals surface area contributed by atoms with Crippen molar-refractivity contribution >= 4 is 27.3 Å². The second-order valence-electron chi connectivity index (χ2n) is 4.98. The standard InChI is InChI=1S/C14H16BrN3S/c1-9-6-11(12-2-3-13(15)19-12)18-14(17-9)7-10-4-5-16-8-10/h2-3,6,10,16H,4-5,7-8H2,1H3. The monoisotopic (exact) mass is 337 g/mol. The zero-order valence-electron chi connectivity index (χ0n) is 10.8. The molecule has 1 unspecified atom stereocenters. The highest BCUT2D eigenvalue weighted by molar-refractivity contribution is 9.11. The van der Waals surface area contributed by atoms with Gasteiger partial charge in [0.1, 0.15) is 5.82 Å². The SMILES string of the molecule is Cc1cc(-c2ccc(Br)s2)nc(CC2CCNC2)n1. The number of hydrogen-bond acceptors (Lipinski definition) is 4. The first-order valence-corrected chi connectivity index (χ1v) is 8.12. The summed E-state index contributed by atoms with van der Waals surface area (Å²) in [4.78, 5) is 10.5. The molecule has 0 saturated carbocycles. The Bertz CT molecular complexity index is 576. The molecule has 0 amide bonds. The number of halogens is 1. The molecule has 2 aromatic rings. The Morgan fingerprint density at radius 1 is 1.42 bits per heavy atom. The highest BCUT2D eigenvalue weighted by Crippen LogP contribution is 2.30. The lowest BCUT2D eigenvalue weighted by Gasteiger charge is -2.09. The van der Waals surface area contributed by atoms with E-state index < -0.39 is 0 Å². The van der Waals surface area contributed by atoms with Crippen molar-refractivity contribution in [1.82, 2.24) is 15.3 Å². The van der Waals surface area contributed by atoms with Crippen LogP contribution in [0.25, 0.3) is 10.6 Å². The van der Waals surface area contributed by atoms with E-state index in [0.29, 0.717) is 5.92 Å². The van der Waals surface area contributed by atoms with Crippen LogP contribution in [-0.2, 0) is 6.42 Å². The van der Waals surface area contributed by atoms with E-state index in [1.807, 2.05) is 6.92 Å². The first kappa shape index (κ1) is 13.2. The molecule has 1 atom stereocenters. The van der Waals surface area contributed by atoms with Crippen LogP contribution in [-0.4, -0.2) is 23.1 Å². The van der Waals surface area contributed by atoms with Crippen LogP contribution in [0.2, 0.25) is 0 Å². The minimum Gasteiger partial charge on any atom is -0.316 e. The van der Waals surface area contributed by atoms with Gasteiger partial charge in [-0.05, 0) is 66.5 Å². The molecule has 0 aromatic carbocycles. The van der Waals surface area contributed by atoms with Gasteiger partial charge in [0.2, 0.25) is 0 Å². The van der Waals surface area contributed by atoms with Crippen LogP contribution in [0.5, 0.6) is 0 Å². The normalized spacial score (nSPS) is 18.9. The first-order valence-electron chi connectivity index (χ1n) is 6.52. The zero-order valence-corrected chi connectivity index (χ0v) is 13.2. The van der Waals surface area contributed by atoms with Crippen LogP contribution in [0.15, 0.2) is 22.0 Å². The molecule has 0 bridgehead atoms. The molecule has 3 nitrogen and oxygen atoms in total. The van der Waals surface area contributed by atoms with Gasteiger partial charge in [-0.25, -0.2) is 9.97 Å². The molecule has 100 valence electrons. The molecule has 1 aliphatic heterocycles. The molecule has 0 radical (unpaired) electrons. The van der Waals surface area contributed by atoms with E-state index in [1.54, 1.807) is 11.3 Å². The summed E-state index contributed by atoms with van der Waals surface area (Å²) in [5.41, 5.74) is 2.10. The highest BCUT2D eigenvalue weighted by Gasteiger charge is 2.17. The lowest BCUT2D eigenvalue weighted by molar-refractivity contribution is 0.561. The van der Waals surface area contributed by atoms with Gasteiger partial charge in [-0.1, -0.05) is 0 Å². The predicted molar refractivity (Wildman–Crippen MR) is 82.5 cm³/mol. The van der Waals surface area contributed by atoms with E-state index in [2.05, 4.69) is 44.4 Å². The molecule has 19 heavy (non-hydrogen) atoms. The van der Waals surface area contributed by atoms with Crippen molar-refractivity contribution in [3.63, 3.8) is 0 Å².